The molecule has 13 heteroatoms. The van der Waals surface area contributed by atoms with E-state index in [1.165, 1.54) is 0 Å². The lowest BCUT2D eigenvalue weighted by Gasteiger charge is -2.44. The summed E-state index contributed by atoms with van der Waals surface area (Å²) in [4.78, 5) is 0. The molecule has 220 valence electrons. The number of rotatable bonds is 4. The summed E-state index contributed by atoms with van der Waals surface area (Å²) < 4.78 is 166. The van der Waals surface area contributed by atoms with Crippen molar-refractivity contribution in [3.8, 4) is 0 Å². The van der Waals surface area contributed by atoms with Crippen LogP contribution in [0, 0.1) is 11.7 Å². The summed E-state index contributed by atoms with van der Waals surface area (Å²) in [7, 11) is 0. The van der Waals surface area contributed by atoms with Crippen LogP contribution in [-0.2, 0) is 18.5 Å². The second-order valence-corrected chi connectivity index (χ2v) is 10.2. The molecule has 0 nitrogen and oxygen atoms in total. The van der Waals surface area contributed by atoms with Crippen molar-refractivity contribution in [1.29, 1.82) is 0 Å². The van der Waals surface area contributed by atoms with Gasteiger partial charge in [-0.25, -0.2) is 0 Å². The van der Waals surface area contributed by atoms with Crippen LogP contribution in [0.3, 0.4) is 0 Å². The zero-order valence-electron chi connectivity index (χ0n) is 20.9. The van der Waals surface area contributed by atoms with Crippen molar-refractivity contribution < 1.29 is 52.7 Å². The first-order chi connectivity index (χ1) is 18.8. The molecule has 1 aliphatic carbocycles. The lowest BCUT2D eigenvalue weighted by atomic mass is 9.09. The van der Waals surface area contributed by atoms with Gasteiger partial charge in [0.15, 0.2) is 0 Å². The number of halogens is 12. The molecule has 41 heavy (non-hydrogen) atoms. The zero-order chi connectivity index (χ0) is 30.4. The fraction of sp³-hybridized carbons (Fsp3) is 0.321. The molecule has 0 amide bonds. The van der Waals surface area contributed by atoms with E-state index in [2.05, 4.69) is 0 Å². The molecule has 4 rings (SSSR count). The molecule has 0 aliphatic heterocycles. The maximum Gasteiger partial charge on any atom is 0.416 e. The standard InChI is InChI=1S/C28H21BF12/c30-25(31,32)17-5-1-9-21(13-17)29(22-10-2-6-18(14-22)26(33,34)35,23-11-3-7-19(15-23)27(36,37)38)24-12-4-8-20(16-24)28(39,40)41/h1-3,5-7,9-11,13-15,20H,4,8,12,16H2. The summed E-state index contributed by atoms with van der Waals surface area (Å²) >= 11 is 0. The molecule has 1 atom stereocenters. The van der Waals surface area contributed by atoms with Crippen LogP contribution < -0.4 is 16.4 Å². The van der Waals surface area contributed by atoms with Crippen LogP contribution in [0.5, 0.6) is 0 Å². The Kier molecular flexibility index (Phi) is 7.90. The summed E-state index contributed by atoms with van der Waals surface area (Å²) in [5.74, 6) is -2.05. The van der Waals surface area contributed by atoms with E-state index in [1.54, 1.807) is 0 Å². The summed E-state index contributed by atoms with van der Waals surface area (Å²) in [5, 5.41) is 0. The fourth-order valence-corrected chi connectivity index (χ4v) is 6.01. The maximum absolute atomic E-state index is 13.9. The molecule has 3 aromatic rings. The third-order valence-corrected chi connectivity index (χ3v) is 7.78. The SMILES string of the molecule is FC(F)(F)c1cccc([B-](c2cccc(C(F)(F)F)c2)(c2cccc(C(F)(F)F)c2)[C+]2CCCC(C(F)(F)F)C2)c1. The van der Waals surface area contributed by atoms with Gasteiger partial charge in [0, 0.05) is 6.42 Å². The van der Waals surface area contributed by atoms with Gasteiger partial charge in [-0.1, -0.05) is 78.6 Å². The lowest BCUT2D eigenvalue weighted by Crippen LogP contribution is -2.72. The van der Waals surface area contributed by atoms with E-state index in [-0.39, 0.29) is 41.5 Å². The van der Waals surface area contributed by atoms with Crippen molar-refractivity contribution in [2.24, 2.45) is 5.92 Å². The Hall–Kier alpha value is -3.25. The molecule has 0 spiro atoms. The van der Waals surface area contributed by atoms with Gasteiger partial charge in [0.1, 0.15) is 0 Å². The molecule has 3 aromatic carbocycles. The van der Waals surface area contributed by atoms with Crippen molar-refractivity contribution in [2.75, 3.05) is 0 Å². The Balaban J connectivity index is 2.14. The number of hydrogen-bond acceptors (Lipinski definition) is 0. The Bertz CT molecular complexity index is 1230. The maximum atomic E-state index is 13.9. The molecule has 0 heterocycles. The highest BCUT2D eigenvalue weighted by Crippen LogP contribution is 2.45. The average molecular weight is 596 g/mol. The third kappa shape index (κ3) is 6.18. The Morgan fingerprint density at radius 2 is 0.927 bits per heavy atom. The normalized spacial score (nSPS) is 17.6. The van der Waals surface area contributed by atoms with Gasteiger partial charge in [-0.2, -0.15) is 52.7 Å². The van der Waals surface area contributed by atoms with E-state index < -0.39 is 59.9 Å². The number of alkyl halides is 12. The van der Waals surface area contributed by atoms with E-state index in [0.29, 0.717) is 36.4 Å². The highest BCUT2D eigenvalue weighted by atomic mass is 19.4. The first kappa shape index (κ1) is 30.7. The lowest BCUT2D eigenvalue weighted by molar-refractivity contribution is -0.179. The van der Waals surface area contributed by atoms with E-state index in [0.717, 1.165) is 36.4 Å². The smallest absolute Gasteiger partial charge is 0.171 e. The van der Waals surface area contributed by atoms with Gasteiger partial charge in [0.25, 0.3) is 6.15 Å². The van der Waals surface area contributed by atoms with Crippen LogP contribution in [0.15, 0.2) is 72.8 Å². The Morgan fingerprint density at radius 1 is 0.561 bits per heavy atom. The minimum atomic E-state index is -4.95. The molecule has 0 aromatic heterocycles. The van der Waals surface area contributed by atoms with Gasteiger partial charge >= 0.3 is 24.7 Å². The number of benzene rings is 3. The van der Waals surface area contributed by atoms with Gasteiger partial charge in [0.2, 0.25) is 0 Å². The summed E-state index contributed by atoms with van der Waals surface area (Å²) in [6, 6.07) is 9.99. The van der Waals surface area contributed by atoms with Crippen LogP contribution in [0.1, 0.15) is 42.4 Å². The van der Waals surface area contributed by atoms with E-state index in [9.17, 15) is 52.7 Å². The minimum Gasteiger partial charge on any atom is -0.171 e. The number of hydrogen-bond donors (Lipinski definition) is 0. The second kappa shape index (κ2) is 10.5. The van der Waals surface area contributed by atoms with Gasteiger partial charge in [-0.15, -0.1) is 16.4 Å². The predicted octanol–water partition coefficient (Wildman–Crippen LogP) is 8.08. The molecule has 0 saturated heterocycles. The van der Waals surface area contributed by atoms with Crippen molar-refractivity contribution in [3.63, 3.8) is 0 Å². The first-order valence-corrected chi connectivity index (χ1v) is 12.4. The molecule has 1 saturated carbocycles. The van der Waals surface area contributed by atoms with Crippen molar-refractivity contribution in [3.05, 3.63) is 95.3 Å². The van der Waals surface area contributed by atoms with Gasteiger partial charge in [0.05, 0.1) is 29.0 Å². The van der Waals surface area contributed by atoms with E-state index >= 15 is 0 Å². The monoisotopic (exact) mass is 596 g/mol. The van der Waals surface area contributed by atoms with Crippen molar-refractivity contribution in [2.45, 2.75) is 50.4 Å². The molecule has 1 aliphatic rings. The van der Waals surface area contributed by atoms with Crippen molar-refractivity contribution >= 4 is 22.5 Å². The highest BCUT2D eigenvalue weighted by molar-refractivity contribution is 7.15. The third-order valence-electron chi connectivity index (χ3n) is 7.78. The Labute approximate surface area is 227 Å². The fourth-order valence-electron chi connectivity index (χ4n) is 6.01. The molecule has 0 bridgehead atoms. The van der Waals surface area contributed by atoms with Crippen LogP contribution in [-0.4, -0.2) is 12.3 Å². The first-order valence-electron chi connectivity index (χ1n) is 12.4. The molecular formula is C28H21BF12. The van der Waals surface area contributed by atoms with E-state index in [1.807, 2.05) is 0 Å². The quantitative estimate of drug-likeness (QED) is 0.162. The molecule has 1 unspecified atom stereocenters. The Morgan fingerprint density at radius 3 is 1.24 bits per heavy atom. The van der Waals surface area contributed by atoms with Crippen LogP contribution >= 0.6 is 0 Å². The largest absolute Gasteiger partial charge is 0.416 e. The minimum absolute atomic E-state index is 0.0726. The van der Waals surface area contributed by atoms with Crippen LogP contribution in [0.25, 0.3) is 0 Å². The zero-order valence-corrected chi connectivity index (χ0v) is 20.9. The predicted molar refractivity (Wildman–Crippen MR) is 130 cm³/mol. The van der Waals surface area contributed by atoms with Crippen LogP contribution in [0.2, 0.25) is 0 Å². The average Bonchev–Trinajstić information content (AvgIpc) is 2.88. The molecule has 0 radical (unpaired) electrons. The molecular weight excluding hydrogens is 575 g/mol. The van der Waals surface area contributed by atoms with Crippen molar-refractivity contribution in [1.82, 2.24) is 0 Å². The molecule has 1 fully saturated rings. The van der Waals surface area contributed by atoms with Gasteiger partial charge < -0.3 is 0 Å². The topological polar surface area (TPSA) is 0 Å². The van der Waals surface area contributed by atoms with Crippen LogP contribution in [0.4, 0.5) is 52.7 Å². The van der Waals surface area contributed by atoms with E-state index in [4.69, 9.17) is 0 Å². The summed E-state index contributed by atoms with van der Waals surface area (Å²) in [6.07, 6.45) is -24.3. The summed E-state index contributed by atoms with van der Waals surface area (Å²) in [5.41, 5.74) is -4.75. The van der Waals surface area contributed by atoms with Gasteiger partial charge in [-0.3, -0.25) is 0 Å². The summed E-state index contributed by atoms with van der Waals surface area (Å²) in [6.45, 7) is 0. The second-order valence-electron chi connectivity index (χ2n) is 10.2. The highest BCUT2D eigenvalue weighted by Gasteiger charge is 2.54. The molecule has 0 N–H and O–H groups in total. The van der Waals surface area contributed by atoms with Gasteiger partial charge in [-0.05, 0) is 12.8 Å².